The van der Waals surface area contributed by atoms with Crippen LogP contribution in [0.4, 0.5) is 8.78 Å². The highest BCUT2D eigenvalue weighted by atomic mass is 19.1. The molecule has 0 aliphatic rings. The first-order valence-corrected chi connectivity index (χ1v) is 6.08. The van der Waals surface area contributed by atoms with Gasteiger partial charge in [0.25, 0.3) is 0 Å². The fourth-order valence-corrected chi connectivity index (χ4v) is 2.00. The van der Waals surface area contributed by atoms with Crippen molar-refractivity contribution in [2.24, 2.45) is 0 Å². The Bertz CT molecular complexity index is 640. The van der Waals surface area contributed by atoms with E-state index in [4.69, 9.17) is 0 Å². The molecule has 0 fully saturated rings. The summed E-state index contributed by atoms with van der Waals surface area (Å²) in [6, 6.07) is 2.91. The minimum Gasteiger partial charge on any atom is -0.276 e. The van der Waals surface area contributed by atoms with Crippen molar-refractivity contribution < 1.29 is 8.78 Å². The van der Waals surface area contributed by atoms with Crippen LogP contribution < -0.4 is 5.69 Å². The molecule has 0 N–H and O–H groups in total. The van der Waals surface area contributed by atoms with Crippen LogP contribution in [-0.2, 0) is 0 Å². The molecule has 102 valence electrons. The fourth-order valence-electron chi connectivity index (χ4n) is 2.00. The van der Waals surface area contributed by atoms with Crippen LogP contribution in [0.3, 0.4) is 0 Å². The van der Waals surface area contributed by atoms with Crippen LogP contribution in [-0.4, -0.2) is 14.3 Å². The number of halogens is 2. The van der Waals surface area contributed by atoms with Gasteiger partial charge in [0.15, 0.2) is 0 Å². The Labute approximate surface area is 109 Å². The van der Waals surface area contributed by atoms with Crippen molar-refractivity contribution in [3.8, 4) is 5.69 Å². The summed E-state index contributed by atoms with van der Waals surface area (Å²) in [7, 11) is 0. The maximum atomic E-state index is 13.2. The number of aryl methyl sites for hydroxylation is 1. The molecule has 0 radical (unpaired) electrons. The van der Waals surface area contributed by atoms with E-state index in [9.17, 15) is 13.6 Å². The van der Waals surface area contributed by atoms with Gasteiger partial charge in [0.05, 0.1) is 5.69 Å². The second-order valence-corrected chi connectivity index (χ2v) is 4.50. The predicted octanol–water partition coefficient (Wildman–Crippen LogP) is 2.59. The smallest absolute Gasteiger partial charge is 0.276 e. The molecule has 2 aromatic rings. The number of hydrogen-bond acceptors (Lipinski definition) is 2. The van der Waals surface area contributed by atoms with Gasteiger partial charge in [0.1, 0.15) is 17.5 Å². The molecule has 6 heteroatoms. The lowest BCUT2D eigenvalue weighted by molar-refractivity contribution is 0.501. The zero-order valence-corrected chi connectivity index (χ0v) is 11.0. The topological polar surface area (TPSA) is 39.8 Å². The average molecular weight is 267 g/mol. The molecule has 1 aromatic carbocycles. The zero-order chi connectivity index (χ0) is 14.2. The van der Waals surface area contributed by atoms with E-state index >= 15 is 0 Å². The van der Waals surface area contributed by atoms with Crippen LogP contribution >= 0.6 is 0 Å². The first-order valence-electron chi connectivity index (χ1n) is 6.08. The van der Waals surface area contributed by atoms with Crippen molar-refractivity contribution in [1.82, 2.24) is 14.3 Å². The SMILES string of the molecule is CCC(C)n1c(C)nn(-c2cc(F)cc(F)c2)c1=O. The van der Waals surface area contributed by atoms with E-state index in [1.165, 1.54) is 4.57 Å². The minimum absolute atomic E-state index is 0.0142. The summed E-state index contributed by atoms with van der Waals surface area (Å²) in [5.74, 6) is -0.959. The Morgan fingerprint density at radius 1 is 1.26 bits per heavy atom. The third kappa shape index (κ3) is 2.43. The lowest BCUT2D eigenvalue weighted by Crippen LogP contribution is -2.26. The highest BCUT2D eigenvalue weighted by Gasteiger charge is 2.16. The molecule has 1 unspecified atom stereocenters. The molecule has 0 amide bonds. The molecule has 1 aromatic heterocycles. The first-order chi connectivity index (χ1) is 8.93. The maximum Gasteiger partial charge on any atom is 0.350 e. The Morgan fingerprint density at radius 2 is 1.84 bits per heavy atom. The van der Waals surface area contributed by atoms with E-state index in [1.807, 2.05) is 13.8 Å². The lowest BCUT2D eigenvalue weighted by Gasteiger charge is -2.09. The molecule has 0 saturated heterocycles. The normalized spacial score (nSPS) is 12.7. The number of nitrogens with zero attached hydrogens (tertiary/aromatic N) is 3. The van der Waals surface area contributed by atoms with Crippen LogP contribution in [0.15, 0.2) is 23.0 Å². The van der Waals surface area contributed by atoms with Gasteiger partial charge in [-0.1, -0.05) is 6.92 Å². The van der Waals surface area contributed by atoms with Gasteiger partial charge in [0.2, 0.25) is 0 Å². The molecule has 0 spiro atoms. The van der Waals surface area contributed by atoms with Gasteiger partial charge >= 0.3 is 5.69 Å². The summed E-state index contributed by atoms with van der Waals surface area (Å²) in [5, 5.41) is 4.07. The predicted molar refractivity (Wildman–Crippen MR) is 67.5 cm³/mol. The number of hydrogen-bond donors (Lipinski definition) is 0. The van der Waals surface area contributed by atoms with E-state index in [0.717, 1.165) is 29.3 Å². The molecule has 2 rings (SSSR count). The molecule has 19 heavy (non-hydrogen) atoms. The van der Waals surface area contributed by atoms with E-state index in [0.29, 0.717) is 5.82 Å². The van der Waals surface area contributed by atoms with Gasteiger partial charge in [-0.3, -0.25) is 4.57 Å². The first kappa shape index (κ1) is 13.5. The van der Waals surface area contributed by atoms with Crippen LogP contribution in [0.5, 0.6) is 0 Å². The average Bonchev–Trinajstić information content (AvgIpc) is 2.63. The van der Waals surface area contributed by atoms with Gasteiger partial charge in [-0.25, -0.2) is 13.6 Å². The van der Waals surface area contributed by atoms with Crippen LogP contribution in [0.25, 0.3) is 5.69 Å². The molecule has 0 saturated carbocycles. The Morgan fingerprint density at radius 3 is 2.37 bits per heavy atom. The number of benzene rings is 1. The third-order valence-corrected chi connectivity index (χ3v) is 3.10. The van der Waals surface area contributed by atoms with Crippen LogP contribution in [0.1, 0.15) is 32.1 Å². The van der Waals surface area contributed by atoms with Crippen molar-refractivity contribution in [3.63, 3.8) is 0 Å². The molecule has 0 aliphatic carbocycles. The van der Waals surface area contributed by atoms with Crippen LogP contribution in [0.2, 0.25) is 0 Å². The standard InChI is InChI=1S/C13H15F2N3O/c1-4-8(2)17-9(3)16-18(13(17)19)12-6-10(14)5-11(15)7-12/h5-8H,4H2,1-3H3. The third-order valence-electron chi connectivity index (χ3n) is 3.10. The van der Waals surface area contributed by atoms with Crippen molar-refractivity contribution in [3.05, 3.63) is 46.1 Å². The lowest BCUT2D eigenvalue weighted by atomic mass is 10.2. The van der Waals surface area contributed by atoms with Crippen molar-refractivity contribution in [2.45, 2.75) is 33.2 Å². The quantitative estimate of drug-likeness (QED) is 0.857. The van der Waals surface area contributed by atoms with Gasteiger partial charge in [-0.05, 0) is 32.4 Å². The molecule has 0 bridgehead atoms. The van der Waals surface area contributed by atoms with E-state index in [2.05, 4.69) is 5.10 Å². The minimum atomic E-state index is -0.738. The van der Waals surface area contributed by atoms with Gasteiger partial charge in [0, 0.05) is 12.1 Å². The van der Waals surface area contributed by atoms with E-state index in [-0.39, 0.29) is 11.7 Å². The second kappa shape index (κ2) is 4.95. The van der Waals surface area contributed by atoms with Gasteiger partial charge in [-0.2, -0.15) is 9.78 Å². The summed E-state index contributed by atoms with van der Waals surface area (Å²) in [6.45, 7) is 5.54. The van der Waals surface area contributed by atoms with Crippen molar-refractivity contribution in [1.29, 1.82) is 0 Å². The maximum absolute atomic E-state index is 13.2. The second-order valence-electron chi connectivity index (χ2n) is 4.50. The summed E-state index contributed by atoms with van der Waals surface area (Å²) in [4.78, 5) is 12.2. The van der Waals surface area contributed by atoms with E-state index in [1.54, 1.807) is 6.92 Å². The van der Waals surface area contributed by atoms with Crippen molar-refractivity contribution >= 4 is 0 Å². The highest BCUT2D eigenvalue weighted by Crippen LogP contribution is 2.13. The fraction of sp³-hybridized carbons (Fsp3) is 0.385. The molecular formula is C13H15F2N3O. The molecule has 4 nitrogen and oxygen atoms in total. The molecule has 1 heterocycles. The molecule has 1 atom stereocenters. The molecule has 0 aliphatic heterocycles. The Balaban J connectivity index is 2.61. The zero-order valence-electron chi connectivity index (χ0n) is 11.0. The summed E-state index contributed by atoms with van der Waals surface area (Å²) in [5.41, 5.74) is -0.301. The monoisotopic (exact) mass is 267 g/mol. The van der Waals surface area contributed by atoms with Crippen LogP contribution in [0, 0.1) is 18.6 Å². The highest BCUT2D eigenvalue weighted by molar-refractivity contribution is 5.31. The Kier molecular flexibility index (Phi) is 3.50. The molecular weight excluding hydrogens is 252 g/mol. The summed E-state index contributed by atoms with van der Waals surface area (Å²) in [6.07, 6.45) is 0.768. The van der Waals surface area contributed by atoms with Crippen molar-refractivity contribution in [2.75, 3.05) is 0 Å². The van der Waals surface area contributed by atoms with Gasteiger partial charge < -0.3 is 0 Å². The summed E-state index contributed by atoms with van der Waals surface area (Å²) < 4.78 is 28.9. The van der Waals surface area contributed by atoms with E-state index < -0.39 is 17.3 Å². The number of aromatic nitrogens is 3. The summed E-state index contributed by atoms with van der Waals surface area (Å²) >= 11 is 0. The van der Waals surface area contributed by atoms with Gasteiger partial charge in [-0.15, -0.1) is 0 Å². The largest absolute Gasteiger partial charge is 0.350 e. The Hall–Kier alpha value is -1.98. The number of rotatable bonds is 3.